The van der Waals surface area contributed by atoms with Crippen LogP contribution >= 0.6 is 0 Å². The molecule has 1 atom stereocenters. The van der Waals surface area contributed by atoms with E-state index in [1.54, 1.807) is 0 Å². The maximum Gasteiger partial charge on any atom is 0.216 e. The minimum atomic E-state index is -0.371. The van der Waals surface area contributed by atoms with Crippen molar-refractivity contribution in [3.05, 3.63) is 83.9 Å². The van der Waals surface area contributed by atoms with Gasteiger partial charge in [0.2, 0.25) is 5.88 Å². The van der Waals surface area contributed by atoms with Crippen LogP contribution in [-0.2, 0) is 11.3 Å². The lowest BCUT2D eigenvalue weighted by Crippen LogP contribution is -2.16. The first-order chi connectivity index (χ1) is 11.7. The van der Waals surface area contributed by atoms with Gasteiger partial charge >= 0.3 is 0 Å². The molecule has 0 radical (unpaired) electrons. The predicted molar refractivity (Wildman–Crippen MR) is 95.7 cm³/mol. The second-order valence-electron chi connectivity index (χ2n) is 5.66. The summed E-state index contributed by atoms with van der Waals surface area (Å²) in [4.78, 5) is 4.60. The van der Waals surface area contributed by atoms with E-state index in [-0.39, 0.29) is 6.29 Å². The van der Waals surface area contributed by atoms with Gasteiger partial charge in [-0.15, -0.1) is 0 Å². The minimum Gasteiger partial charge on any atom is -0.448 e. The van der Waals surface area contributed by atoms with Crippen LogP contribution in [0.3, 0.4) is 0 Å². The Bertz CT molecular complexity index is 787. The number of benzene rings is 2. The molecule has 3 aromatic rings. The van der Waals surface area contributed by atoms with Gasteiger partial charge in [-0.3, -0.25) is 0 Å². The van der Waals surface area contributed by atoms with E-state index in [1.807, 2.05) is 67.6 Å². The molecule has 3 heteroatoms. The molecule has 0 aliphatic rings. The van der Waals surface area contributed by atoms with Gasteiger partial charge in [0.25, 0.3) is 0 Å². The molecule has 0 fully saturated rings. The lowest BCUT2D eigenvalue weighted by atomic mass is 10.1. The Morgan fingerprint density at radius 1 is 0.875 bits per heavy atom. The minimum absolute atomic E-state index is 0.371. The molecule has 3 rings (SSSR count). The summed E-state index contributed by atoms with van der Waals surface area (Å²) in [7, 11) is 0. The maximum atomic E-state index is 5.80. The van der Waals surface area contributed by atoms with E-state index >= 15 is 0 Å². The number of pyridine rings is 1. The zero-order valence-electron chi connectivity index (χ0n) is 14.0. The number of hydrogen-bond acceptors (Lipinski definition) is 3. The van der Waals surface area contributed by atoms with Crippen molar-refractivity contribution in [1.29, 1.82) is 0 Å². The quantitative estimate of drug-likeness (QED) is 0.599. The second kappa shape index (κ2) is 7.75. The van der Waals surface area contributed by atoms with E-state index in [9.17, 15) is 0 Å². The molecule has 1 unspecified atom stereocenters. The lowest BCUT2D eigenvalue weighted by molar-refractivity contribution is -0.0780. The highest BCUT2D eigenvalue weighted by Gasteiger charge is 2.08. The summed E-state index contributed by atoms with van der Waals surface area (Å²) < 4.78 is 11.5. The number of aryl methyl sites for hydroxylation is 1. The predicted octanol–water partition coefficient (Wildman–Crippen LogP) is 5.00. The molecule has 0 N–H and O–H groups in total. The van der Waals surface area contributed by atoms with Crippen LogP contribution in [0.25, 0.3) is 11.3 Å². The summed E-state index contributed by atoms with van der Waals surface area (Å²) in [6.07, 6.45) is -0.371. The molecule has 0 bridgehead atoms. The van der Waals surface area contributed by atoms with Crippen molar-refractivity contribution in [3.63, 3.8) is 0 Å². The number of hydrogen-bond donors (Lipinski definition) is 0. The summed E-state index contributed by atoms with van der Waals surface area (Å²) in [5.41, 5.74) is 4.33. The van der Waals surface area contributed by atoms with E-state index in [0.29, 0.717) is 12.5 Å². The van der Waals surface area contributed by atoms with Gasteiger partial charge in [0, 0.05) is 11.6 Å². The van der Waals surface area contributed by atoms with E-state index in [0.717, 1.165) is 16.8 Å². The first-order valence-electron chi connectivity index (χ1n) is 8.07. The van der Waals surface area contributed by atoms with E-state index in [4.69, 9.17) is 9.47 Å². The molecule has 1 heterocycles. The fourth-order valence-corrected chi connectivity index (χ4v) is 2.48. The molecular weight excluding hydrogens is 298 g/mol. The molecule has 24 heavy (non-hydrogen) atoms. The Morgan fingerprint density at radius 3 is 2.42 bits per heavy atom. The third kappa shape index (κ3) is 4.21. The van der Waals surface area contributed by atoms with Crippen molar-refractivity contribution < 1.29 is 9.47 Å². The van der Waals surface area contributed by atoms with Gasteiger partial charge in [-0.2, -0.15) is 0 Å². The van der Waals surface area contributed by atoms with Gasteiger partial charge < -0.3 is 9.47 Å². The molecule has 0 amide bonds. The molecule has 3 nitrogen and oxygen atoms in total. The van der Waals surface area contributed by atoms with Gasteiger partial charge in [0.1, 0.15) is 0 Å². The molecule has 0 aliphatic heterocycles. The Balaban J connectivity index is 1.65. The van der Waals surface area contributed by atoms with Crippen LogP contribution < -0.4 is 4.74 Å². The van der Waals surface area contributed by atoms with Crippen LogP contribution in [0.15, 0.2) is 72.8 Å². The Kier molecular flexibility index (Phi) is 5.24. The van der Waals surface area contributed by atoms with Crippen molar-refractivity contribution in [1.82, 2.24) is 4.98 Å². The van der Waals surface area contributed by atoms with E-state index in [2.05, 4.69) is 24.0 Å². The molecule has 0 saturated heterocycles. The molecule has 1 aromatic heterocycles. The SMILES string of the molecule is Cc1ccccc1-c1cccc(OC(C)OCc2ccccc2)n1. The summed E-state index contributed by atoms with van der Waals surface area (Å²) in [5, 5.41) is 0. The Hall–Kier alpha value is -2.65. The maximum absolute atomic E-state index is 5.80. The van der Waals surface area contributed by atoms with Crippen molar-refractivity contribution in [2.45, 2.75) is 26.7 Å². The van der Waals surface area contributed by atoms with Gasteiger partial charge in [0.15, 0.2) is 6.29 Å². The third-order valence-electron chi connectivity index (χ3n) is 3.76. The zero-order valence-corrected chi connectivity index (χ0v) is 14.0. The smallest absolute Gasteiger partial charge is 0.216 e. The molecule has 2 aromatic carbocycles. The fraction of sp³-hybridized carbons (Fsp3) is 0.190. The highest BCUT2D eigenvalue weighted by molar-refractivity contribution is 5.63. The number of nitrogens with zero attached hydrogens (tertiary/aromatic N) is 1. The zero-order chi connectivity index (χ0) is 16.8. The van der Waals surface area contributed by atoms with Gasteiger partial charge in [-0.1, -0.05) is 60.7 Å². The largest absolute Gasteiger partial charge is 0.448 e. The molecule has 0 aliphatic carbocycles. The van der Waals surface area contributed by atoms with Crippen LogP contribution in [-0.4, -0.2) is 11.3 Å². The van der Waals surface area contributed by atoms with Crippen molar-refractivity contribution in [2.24, 2.45) is 0 Å². The van der Waals surface area contributed by atoms with Gasteiger partial charge in [-0.25, -0.2) is 4.98 Å². The van der Waals surface area contributed by atoms with E-state index in [1.165, 1.54) is 5.56 Å². The monoisotopic (exact) mass is 319 g/mol. The summed E-state index contributed by atoms with van der Waals surface area (Å²) >= 11 is 0. The summed E-state index contributed by atoms with van der Waals surface area (Å²) in [6.45, 7) is 4.47. The molecule has 122 valence electrons. The Labute approximate surface area is 142 Å². The normalized spacial score (nSPS) is 11.9. The average Bonchev–Trinajstić information content (AvgIpc) is 2.61. The van der Waals surface area contributed by atoms with Crippen molar-refractivity contribution >= 4 is 0 Å². The molecule has 0 saturated carbocycles. The van der Waals surface area contributed by atoms with Gasteiger partial charge in [-0.05, 0) is 31.0 Å². The first kappa shape index (κ1) is 16.2. The highest BCUT2D eigenvalue weighted by Crippen LogP contribution is 2.23. The number of aromatic nitrogens is 1. The third-order valence-corrected chi connectivity index (χ3v) is 3.76. The lowest BCUT2D eigenvalue weighted by Gasteiger charge is -2.15. The molecule has 0 spiro atoms. The van der Waals surface area contributed by atoms with Crippen molar-refractivity contribution in [3.8, 4) is 17.1 Å². The number of rotatable bonds is 6. The topological polar surface area (TPSA) is 31.4 Å². The van der Waals surface area contributed by atoms with Crippen LogP contribution in [0.4, 0.5) is 0 Å². The fourth-order valence-electron chi connectivity index (χ4n) is 2.48. The second-order valence-corrected chi connectivity index (χ2v) is 5.66. The van der Waals surface area contributed by atoms with Gasteiger partial charge in [0.05, 0.1) is 12.3 Å². The first-order valence-corrected chi connectivity index (χ1v) is 8.07. The Morgan fingerprint density at radius 2 is 1.62 bits per heavy atom. The van der Waals surface area contributed by atoms with Crippen molar-refractivity contribution in [2.75, 3.05) is 0 Å². The van der Waals surface area contributed by atoms with E-state index < -0.39 is 0 Å². The van der Waals surface area contributed by atoms with Crippen LogP contribution in [0.5, 0.6) is 5.88 Å². The summed E-state index contributed by atoms with van der Waals surface area (Å²) in [6, 6.07) is 24.0. The number of ether oxygens (including phenoxy) is 2. The molecular formula is C21H21NO2. The highest BCUT2D eigenvalue weighted by atomic mass is 16.7. The summed E-state index contributed by atoms with van der Waals surface area (Å²) in [5.74, 6) is 0.566. The van der Waals surface area contributed by atoms with Crippen LogP contribution in [0, 0.1) is 6.92 Å². The van der Waals surface area contributed by atoms with Crippen LogP contribution in [0.1, 0.15) is 18.1 Å². The average molecular weight is 319 g/mol. The van der Waals surface area contributed by atoms with Crippen LogP contribution in [0.2, 0.25) is 0 Å². The standard InChI is InChI=1S/C21H21NO2/c1-16-9-6-7-12-19(16)20-13-8-14-21(22-20)24-17(2)23-15-18-10-4-3-5-11-18/h3-14,17H,15H2,1-2H3.